The number of nitrogens with zero attached hydrogens (tertiary/aromatic N) is 5. The molecule has 1 saturated heterocycles. The second-order valence-corrected chi connectivity index (χ2v) is 8.69. The van der Waals surface area contributed by atoms with Crippen molar-refractivity contribution in [2.45, 2.75) is 11.1 Å². The van der Waals surface area contributed by atoms with E-state index in [-0.39, 0.29) is 18.0 Å². The molecule has 0 radical (unpaired) electrons. The first-order valence-electron chi connectivity index (χ1n) is 9.14. The lowest BCUT2D eigenvalue weighted by Gasteiger charge is -2.34. The Bertz CT molecular complexity index is 1090. The number of benzene rings is 1. The van der Waals surface area contributed by atoms with Crippen molar-refractivity contribution in [2.75, 3.05) is 31.1 Å². The fraction of sp³-hybridized carbons (Fsp3) is 0.263. The van der Waals surface area contributed by atoms with Gasteiger partial charge in [0.25, 0.3) is 0 Å². The van der Waals surface area contributed by atoms with Gasteiger partial charge in [0.2, 0.25) is 10.0 Å². The molecule has 0 atom stereocenters. The Labute approximate surface area is 171 Å². The summed E-state index contributed by atoms with van der Waals surface area (Å²) in [5.74, 6) is 1.31. The van der Waals surface area contributed by atoms with Crippen LogP contribution >= 0.6 is 0 Å². The van der Waals surface area contributed by atoms with Crippen molar-refractivity contribution in [3.63, 3.8) is 0 Å². The topological polar surface area (TPSA) is 71.3 Å². The van der Waals surface area contributed by atoms with Crippen molar-refractivity contribution >= 4 is 15.8 Å². The molecule has 0 bridgehead atoms. The van der Waals surface area contributed by atoms with Crippen molar-refractivity contribution in [1.82, 2.24) is 19.1 Å². The van der Waals surface area contributed by atoms with E-state index in [4.69, 9.17) is 0 Å². The average molecular weight is 437 g/mol. The van der Waals surface area contributed by atoms with E-state index < -0.39 is 21.8 Å². The van der Waals surface area contributed by atoms with Gasteiger partial charge in [-0.2, -0.15) is 17.5 Å². The lowest BCUT2D eigenvalue weighted by Crippen LogP contribution is -2.49. The van der Waals surface area contributed by atoms with E-state index in [1.54, 1.807) is 0 Å². The highest BCUT2D eigenvalue weighted by Crippen LogP contribution is 2.30. The highest BCUT2D eigenvalue weighted by atomic mass is 32.2. The van der Waals surface area contributed by atoms with E-state index in [1.807, 2.05) is 46.1 Å². The average Bonchev–Trinajstić information content (AvgIpc) is 3.28. The molecular weight excluding hydrogens is 419 g/mol. The monoisotopic (exact) mass is 437 g/mol. The molecule has 2 aromatic heterocycles. The van der Waals surface area contributed by atoms with Gasteiger partial charge in [0, 0.05) is 38.6 Å². The van der Waals surface area contributed by atoms with Crippen molar-refractivity contribution in [3.8, 4) is 5.82 Å². The Morgan fingerprint density at radius 1 is 0.800 bits per heavy atom. The predicted molar refractivity (Wildman–Crippen MR) is 104 cm³/mol. The Balaban J connectivity index is 1.42. The van der Waals surface area contributed by atoms with Gasteiger partial charge >= 0.3 is 6.18 Å². The first kappa shape index (κ1) is 20.4. The summed E-state index contributed by atoms with van der Waals surface area (Å²) in [6.45, 7) is 1.20. The number of halogens is 3. The molecule has 3 aromatic rings. The maximum atomic E-state index is 12.8. The van der Waals surface area contributed by atoms with Gasteiger partial charge in [-0.25, -0.2) is 8.42 Å². The molecule has 1 aliphatic heterocycles. The first-order chi connectivity index (χ1) is 14.2. The first-order valence-corrected chi connectivity index (χ1v) is 10.6. The van der Waals surface area contributed by atoms with Gasteiger partial charge in [0.05, 0.1) is 10.5 Å². The van der Waals surface area contributed by atoms with E-state index in [1.165, 1.54) is 4.31 Å². The number of anilines is 1. The molecule has 0 unspecified atom stereocenters. The number of alkyl halides is 3. The molecule has 1 aliphatic rings. The lowest BCUT2D eigenvalue weighted by atomic mass is 10.2. The fourth-order valence-electron chi connectivity index (χ4n) is 3.23. The maximum absolute atomic E-state index is 12.8. The Hall–Kier alpha value is -2.92. The largest absolute Gasteiger partial charge is 0.416 e. The maximum Gasteiger partial charge on any atom is 0.416 e. The van der Waals surface area contributed by atoms with Crippen LogP contribution in [-0.2, 0) is 16.2 Å². The van der Waals surface area contributed by atoms with Crippen LogP contribution in [0.15, 0.2) is 65.8 Å². The number of sulfonamides is 1. The Kier molecular flexibility index (Phi) is 5.24. The fourth-order valence-corrected chi connectivity index (χ4v) is 4.66. The highest BCUT2D eigenvalue weighted by molar-refractivity contribution is 7.89. The van der Waals surface area contributed by atoms with Crippen LogP contribution < -0.4 is 4.90 Å². The second-order valence-electron chi connectivity index (χ2n) is 6.75. The molecular formula is C19H18F3N5O2S. The summed E-state index contributed by atoms with van der Waals surface area (Å²) in [6, 6.07) is 11.0. The number of hydrogen-bond donors (Lipinski definition) is 0. The Morgan fingerprint density at radius 3 is 1.90 bits per heavy atom. The van der Waals surface area contributed by atoms with Crippen LogP contribution in [0.5, 0.6) is 0 Å². The summed E-state index contributed by atoms with van der Waals surface area (Å²) < 4.78 is 66.7. The predicted octanol–water partition coefficient (Wildman–Crippen LogP) is 2.80. The summed E-state index contributed by atoms with van der Waals surface area (Å²) in [5, 5.41) is 8.40. The number of hydrogen-bond acceptors (Lipinski definition) is 5. The van der Waals surface area contributed by atoms with Crippen LogP contribution in [0.25, 0.3) is 5.82 Å². The van der Waals surface area contributed by atoms with Crippen molar-refractivity contribution < 1.29 is 21.6 Å². The molecule has 1 aromatic carbocycles. The molecule has 11 heteroatoms. The highest BCUT2D eigenvalue weighted by Gasteiger charge is 2.32. The molecule has 0 amide bonds. The molecule has 0 aliphatic carbocycles. The minimum absolute atomic E-state index is 0.153. The van der Waals surface area contributed by atoms with Gasteiger partial charge in [-0.3, -0.25) is 0 Å². The van der Waals surface area contributed by atoms with E-state index in [0.717, 1.165) is 24.3 Å². The summed E-state index contributed by atoms with van der Waals surface area (Å²) in [6.07, 6.45) is -0.797. The normalized spacial score (nSPS) is 16.0. The van der Waals surface area contributed by atoms with Crippen LogP contribution in [-0.4, -0.2) is 53.7 Å². The molecule has 0 N–H and O–H groups in total. The quantitative estimate of drug-likeness (QED) is 0.628. The molecule has 1 fully saturated rings. The van der Waals surface area contributed by atoms with Crippen LogP contribution in [0.2, 0.25) is 0 Å². The summed E-state index contributed by atoms with van der Waals surface area (Å²) in [5.41, 5.74) is -0.881. The number of rotatable bonds is 4. The van der Waals surface area contributed by atoms with E-state index >= 15 is 0 Å². The van der Waals surface area contributed by atoms with Gasteiger partial charge in [-0.15, -0.1) is 10.2 Å². The lowest BCUT2D eigenvalue weighted by molar-refractivity contribution is -0.137. The van der Waals surface area contributed by atoms with Crippen LogP contribution in [0.4, 0.5) is 19.0 Å². The summed E-state index contributed by atoms with van der Waals surface area (Å²) >= 11 is 0. The van der Waals surface area contributed by atoms with E-state index in [9.17, 15) is 21.6 Å². The van der Waals surface area contributed by atoms with Crippen molar-refractivity contribution in [1.29, 1.82) is 0 Å². The molecule has 4 rings (SSSR count). The van der Waals surface area contributed by atoms with Gasteiger partial charge in [-0.1, -0.05) is 0 Å². The molecule has 7 nitrogen and oxygen atoms in total. The third kappa shape index (κ3) is 4.03. The minimum atomic E-state index is -4.51. The van der Waals surface area contributed by atoms with Gasteiger partial charge in [-0.05, 0) is 48.5 Å². The van der Waals surface area contributed by atoms with Gasteiger partial charge in [0.15, 0.2) is 11.6 Å². The zero-order valence-electron chi connectivity index (χ0n) is 15.7. The summed E-state index contributed by atoms with van der Waals surface area (Å²) in [4.78, 5) is 1.77. The molecule has 0 saturated carbocycles. The van der Waals surface area contributed by atoms with Gasteiger partial charge in [0.1, 0.15) is 0 Å². The smallest absolute Gasteiger partial charge is 0.352 e. The van der Waals surface area contributed by atoms with Crippen LogP contribution in [0.1, 0.15) is 5.56 Å². The third-order valence-electron chi connectivity index (χ3n) is 4.89. The number of piperazine rings is 1. The molecule has 0 spiro atoms. The molecule has 30 heavy (non-hydrogen) atoms. The number of aromatic nitrogens is 3. The van der Waals surface area contributed by atoms with E-state index in [0.29, 0.717) is 24.7 Å². The SMILES string of the molecule is O=S(=O)(c1ccc(C(F)(F)F)cc1)N1CCN(c2ccc(-n3cccc3)nn2)CC1. The minimum Gasteiger partial charge on any atom is -0.352 e. The zero-order chi connectivity index (χ0) is 21.4. The standard InChI is InChI=1S/C19H18F3N5O2S/c20-19(21,22)15-3-5-16(6-4-15)30(28,29)27-13-11-26(12-14-27)18-8-7-17(23-24-18)25-9-1-2-10-25/h1-10H,11-14H2. The third-order valence-corrected chi connectivity index (χ3v) is 6.80. The van der Waals surface area contributed by atoms with Crippen molar-refractivity contribution in [3.05, 3.63) is 66.5 Å². The summed E-state index contributed by atoms with van der Waals surface area (Å²) in [7, 11) is -3.87. The van der Waals surface area contributed by atoms with Crippen LogP contribution in [0, 0.1) is 0 Å². The zero-order valence-corrected chi connectivity index (χ0v) is 16.5. The second kappa shape index (κ2) is 7.73. The van der Waals surface area contributed by atoms with E-state index in [2.05, 4.69) is 10.2 Å². The molecule has 3 heterocycles. The van der Waals surface area contributed by atoms with Crippen LogP contribution in [0.3, 0.4) is 0 Å². The Morgan fingerprint density at radius 2 is 1.37 bits per heavy atom. The van der Waals surface area contributed by atoms with Crippen molar-refractivity contribution in [2.24, 2.45) is 0 Å². The van der Waals surface area contributed by atoms with Gasteiger partial charge < -0.3 is 9.47 Å². The molecule has 158 valence electrons.